The number of hydrogen-bond donors (Lipinski definition) is 3. The molecule has 0 saturated carbocycles. The second-order valence-corrected chi connectivity index (χ2v) is 6.30. The molecule has 0 spiro atoms. The SMILES string of the molecule is NNc1nc(CN2CCCCC2CCO)nc2sccc12. The number of piperidine rings is 1. The van der Waals surface area contributed by atoms with Crippen molar-refractivity contribution in [2.24, 2.45) is 5.84 Å². The maximum atomic E-state index is 9.22. The van der Waals surface area contributed by atoms with E-state index in [4.69, 9.17) is 5.84 Å². The predicted molar refractivity (Wildman–Crippen MR) is 85.0 cm³/mol. The number of aliphatic hydroxyl groups is 1. The molecule has 1 unspecified atom stereocenters. The largest absolute Gasteiger partial charge is 0.396 e. The molecule has 1 aliphatic rings. The molecule has 6 nitrogen and oxygen atoms in total. The van der Waals surface area contributed by atoms with E-state index < -0.39 is 0 Å². The van der Waals surface area contributed by atoms with Crippen LogP contribution < -0.4 is 11.3 Å². The molecular formula is C14H21N5OS. The van der Waals surface area contributed by atoms with Crippen molar-refractivity contribution >= 4 is 27.4 Å². The molecule has 7 heteroatoms. The first-order valence-corrected chi connectivity index (χ1v) is 8.25. The Kier molecular flexibility index (Phi) is 4.64. The Balaban J connectivity index is 1.82. The van der Waals surface area contributed by atoms with Gasteiger partial charge in [0.25, 0.3) is 0 Å². The summed E-state index contributed by atoms with van der Waals surface area (Å²) in [5, 5.41) is 12.2. The van der Waals surface area contributed by atoms with Gasteiger partial charge < -0.3 is 10.5 Å². The van der Waals surface area contributed by atoms with Crippen LogP contribution in [-0.2, 0) is 6.54 Å². The third-order valence-electron chi connectivity index (χ3n) is 4.06. The fourth-order valence-corrected chi connectivity index (χ4v) is 3.79. The first-order valence-electron chi connectivity index (χ1n) is 7.37. The molecule has 2 aromatic rings. The van der Waals surface area contributed by atoms with Crippen molar-refractivity contribution in [2.45, 2.75) is 38.3 Å². The van der Waals surface area contributed by atoms with Crippen molar-refractivity contribution in [3.05, 3.63) is 17.3 Å². The number of rotatable bonds is 5. The van der Waals surface area contributed by atoms with E-state index in [1.165, 1.54) is 12.8 Å². The summed E-state index contributed by atoms with van der Waals surface area (Å²) < 4.78 is 0. The number of likely N-dealkylation sites (tertiary alicyclic amines) is 1. The summed E-state index contributed by atoms with van der Waals surface area (Å²) in [7, 11) is 0. The Morgan fingerprint density at radius 2 is 2.33 bits per heavy atom. The van der Waals surface area contributed by atoms with Crippen LogP contribution in [0, 0.1) is 0 Å². The topological polar surface area (TPSA) is 87.3 Å². The zero-order valence-electron chi connectivity index (χ0n) is 12.0. The Labute approximate surface area is 128 Å². The zero-order valence-corrected chi connectivity index (χ0v) is 12.8. The molecule has 3 heterocycles. The molecule has 3 rings (SSSR count). The fraction of sp³-hybridized carbons (Fsp3) is 0.571. The van der Waals surface area contributed by atoms with E-state index >= 15 is 0 Å². The minimum absolute atomic E-state index is 0.238. The molecule has 1 atom stereocenters. The van der Waals surface area contributed by atoms with Crippen LogP contribution in [0.5, 0.6) is 0 Å². The number of anilines is 1. The quantitative estimate of drug-likeness (QED) is 0.576. The summed E-state index contributed by atoms with van der Waals surface area (Å²) in [6.45, 7) is 2.00. The van der Waals surface area contributed by atoms with Gasteiger partial charge in [0, 0.05) is 12.6 Å². The van der Waals surface area contributed by atoms with Crippen LogP contribution in [0.1, 0.15) is 31.5 Å². The molecule has 1 aliphatic heterocycles. The zero-order chi connectivity index (χ0) is 14.7. The van der Waals surface area contributed by atoms with Crippen LogP contribution in [0.4, 0.5) is 5.82 Å². The van der Waals surface area contributed by atoms with Crippen LogP contribution in [0.2, 0.25) is 0 Å². The van der Waals surface area contributed by atoms with Crippen molar-refractivity contribution in [2.75, 3.05) is 18.6 Å². The minimum Gasteiger partial charge on any atom is -0.396 e. The van der Waals surface area contributed by atoms with Gasteiger partial charge in [-0.2, -0.15) is 0 Å². The van der Waals surface area contributed by atoms with Gasteiger partial charge in [-0.3, -0.25) is 4.90 Å². The number of thiophene rings is 1. The fourth-order valence-electron chi connectivity index (χ4n) is 3.01. The Morgan fingerprint density at radius 3 is 3.14 bits per heavy atom. The van der Waals surface area contributed by atoms with Crippen molar-refractivity contribution in [1.29, 1.82) is 0 Å². The summed E-state index contributed by atoms with van der Waals surface area (Å²) in [4.78, 5) is 12.5. The normalized spacial score (nSPS) is 20.0. The number of nitrogens with one attached hydrogen (secondary N) is 1. The lowest BCUT2D eigenvalue weighted by atomic mass is 10.00. The van der Waals surface area contributed by atoms with Gasteiger partial charge in [0.15, 0.2) is 5.82 Å². The Hall–Kier alpha value is -1.28. The van der Waals surface area contributed by atoms with Gasteiger partial charge in [0.1, 0.15) is 10.7 Å². The van der Waals surface area contributed by atoms with Gasteiger partial charge in [-0.05, 0) is 37.3 Å². The number of nitrogens with zero attached hydrogens (tertiary/aromatic N) is 3. The first kappa shape index (κ1) is 14.6. The van der Waals surface area contributed by atoms with Crippen LogP contribution in [0.15, 0.2) is 11.4 Å². The smallest absolute Gasteiger partial charge is 0.152 e. The van der Waals surface area contributed by atoms with Gasteiger partial charge in [-0.25, -0.2) is 15.8 Å². The Morgan fingerprint density at radius 1 is 1.43 bits per heavy atom. The van der Waals surface area contributed by atoms with E-state index in [9.17, 15) is 5.11 Å². The van der Waals surface area contributed by atoms with Crippen LogP contribution in [0.25, 0.3) is 10.2 Å². The highest BCUT2D eigenvalue weighted by Gasteiger charge is 2.23. The maximum absolute atomic E-state index is 9.22. The second-order valence-electron chi connectivity index (χ2n) is 5.40. The van der Waals surface area contributed by atoms with Crippen molar-refractivity contribution < 1.29 is 5.11 Å². The van der Waals surface area contributed by atoms with Crippen molar-refractivity contribution in [3.63, 3.8) is 0 Å². The van der Waals surface area contributed by atoms with Crippen LogP contribution >= 0.6 is 11.3 Å². The number of aliphatic hydroxyl groups excluding tert-OH is 1. The summed E-state index contributed by atoms with van der Waals surface area (Å²) in [5.74, 6) is 7.05. The number of hydrogen-bond acceptors (Lipinski definition) is 7. The number of nitrogens with two attached hydrogens (primary N) is 1. The lowest BCUT2D eigenvalue weighted by Crippen LogP contribution is -2.39. The lowest BCUT2D eigenvalue weighted by molar-refractivity contribution is 0.110. The predicted octanol–water partition coefficient (Wildman–Crippen LogP) is 1.71. The van der Waals surface area contributed by atoms with E-state index in [1.807, 2.05) is 11.4 Å². The Bertz CT molecular complexity index is 600. The van der Waals surface area contributed by atoms with Crippen LogP contribution in [-0.4, -0.2) is 39.2 Å². The van der Waals surface area contributed by atoms with Gasteiger partial charge >= 0.3 is 0 Å². The minimum atomic E-state index is 0.238. The molecule has 2 aromatic heterocycles. The molecule has 4 N–H and O–H groups in total. The van der Waals surface area contributed by atoms with E-state index in [-0.39, 0.29) is 6.61 Å². The summed E-state index contributed by atoms with van der Waals surface area (Å²) >= 11 is 1.60. The third kappa shape index (κ3) is 3.16. The summed E-state index contributed by atoms with van der Waals surface area (Å²) in [6.07, 6.45) is 4.40. The summed E-state index contributed by atoms with van der Waals surface area (Å²) in [6, 6.07) is 2.41. The lowest BCUT2D eigenvalue weighted by Gasteiger charge is -2.34. The molecule has 114 valence electrons. The number of nitrogen functional groups attached to an aromatic ring is 1. The van der Waals surface area contributed by atoms with Gasteiger partial charge in [-0.15, -0.1) is 11.3 Å². The van der Waals surface area contributed by atoms with Gasteiger partial charge in [0.2, 0.25) is 0 Å². The van der Waals surface area contributed by atoms with Crippen molar-refractivity contribution in [1.82, 2.24) is 14.9 Å². The second kappa shape index (κ2) is 6.65. The molecular weight excluding hydrogens is 286 g/mol. The maximum Gasteiger partial charge on any atom is 0.152 e. The molecule has 21 heavy (non-hydrogen) atoms. The number of aromatic nitrogens is 2. The van der Waals surface area contributed by atoms with E-state index in [1.54, 1.807) is 11.3 Å². The molecule has 0 aliphatic carbocycles. The highest BCUT2D eigenvalue weighted by Crippen LogP contribution is 2.26. The van der Waals surface area contributed by atoms with Gasteiger partial charge in [0.05, 0.1) is 11.9 Å². The monoisotopic (exact) mass is 307 g/mol. The molecule has 1 fully saturated rings. The highest BCUT2D eigenvalue weighted by molar-refractivity contribution is 7.16. The number of hydrazine groups is 1. The summed E-state index contributed by atoms with van der Waals surface area (Å²) in [5.41, 5.74) is 2.67. The molecule has 1 saturated heterocycles. The average Bonchev–Trinajstić information content (AvgIpc) is 2.97. The van der Waals surface area contributed by atoms with Crippen LogP contribution in [0.3, 0.4) is 0 Å². The molecule has 0 bridgehead atoms. The van der Waals surface area contributed by atoms with E-state index in [2.05, 4.69) is 20.3 Å². The van der Waals surface area contributed by atoms with Gasteiger partial charge in [-0.1, -0.05) is 6.42 Å². The molecule has 0 radical (unpaired) electrons. The average molecular weight is 307 g/mol. The van der Waals surface area contributed by atoms with E-state index in [0.717, 1.165) is 35.4 Å². The van der Waals surface area contributed by atoms with E-state index in [0.29, 0.717) is 18.4 Å². The van der Waals surface area contributed by atoms with Crippen molar-refractivity contribution in [3.8, 4) is 0 Å². The molecule has 0 aromatic carbocycles. The number of fused-ring (bicyclic) bond motifs is 1. The molecule has 0 amide bonds. The first-order chi connectivity index (χ1) is 10.3. The standard InChI is InChI=1S/C14H21N5OS/c15-18-13-11-5-8-21-14(11)17-12(16-13)9-19-6-2-1-3-10(19)4-7-20/h5,8,10,20H,1-4,6-7,9,15H2,(H,16,17,18). The highest BCUT2D eigenvalue weighted by atomic mass is 32.1. The third-order valence-corrected chi connectivity index (χ3v) is 4.87.